The summed E-state index contributed by atoms with van der Waals surface area (Å²) in [7, 11) is 1.91. The SMILES string of the molecule is Cc1ccc(F)cc1CC(NN)c1nccn1C. The van der Waals surface area contributed by atoms with Gasteiger partial charge < -0.3 is 4.57 Å². The van der Waals surface area contributed by atoms with Crippen LogP contribution in [-0.4, -0.2) is 9.55 Å². The fraction of sp³-hybridized carbons (Fsp3) is 0.308. The highest BCUT2D eigenvalue weighted by Crippen LogP contribution is 2.19. The van der Waals surface area contributed by atoms with Gasteiger partial charge in [-0.05, 0) is 36.6 Å². The van der Waals surface area contributed by atoms with Gasteiger partial charge in [0.25, 0.3) is 0 Å². The molecule has 1 unspecified atom stereocenters. The zero-order valence-electron chi connectivity index (χ0n) is 10.5. The van der Waals surface area contributed by atoms with Crippen LogP contribution in [0.25, 0.3) is 0 Å². The summed E-state index contributed by atoms with van der Waals surface area (Å²) >= 11 is 0. The Labute approximate surface area is 106 Å². The summed E-state index contributed by atoms with van der Waals surface area (Å²) in [6.07, 6.45) is 4.18. The molecular weight excluding hydrogens is 231 g/mol. The molecule has 5 heteroatoms. The van der Waals surface area contributed by atoms with Crippen molar-refractivity contribution in [2.75, 3.05) is 0 Å². The number of benzene rings is 1. The van der Waals surface area contributed by atoms with Crippen LogP contribution in [0.2, 0.25) is 0 Å². The molecule has 1 aromatic carbocycles. The van der Waals surface area contributed by atoms with Crippen molar-refractivity contribution in [3.63, 3.8) is 0 Å². The molecular formula is C13H17FN4. The molecule has 1 heterocycles. The maximum absolute atomic E-state index is 13.3. The summed E-state index contributed by atoms with van der Waals surface area (Å²) < 4.78 is 15.2. The van der Waals surface area contributed by atoms with Gasteiger partial charge in [-0.2, -0.15) is 0 Å². The molecule has 2 aromatic rings. The number of rotatable bonds is 4. The first-order chi connectivity index (χ1) is 8.61. The molecule has 0 saturated heterocycles. The van der Waals surface area contributed by atoms with Crippen LogP contribution in [0.15, 0.2) is 30.6 Å². The third-order valence-corrected chi connectivity index (χ3v) is 3.11. The van der Waals surface area contributed by atoms with E-state index in [0.717, 1.165) is 17.0 Å². The summed E-state index contributed by atoms with van der Waals surface area (Å²) in [6.45, 7) is 1.96. The number of halogens is 1. The lowest BCUT2D eigenvalue weighted by atomic mass is 10.0. The van der Waals surface area contributed by atoms with Gasteiger partial charge in [-0.15, -0.1) is 0 Å². The average molecular weight is 248 g/mol. The van der Waals surface area contributed by atoms with Crippen LogP contribution in [0.4, 0.5) is 4.39 Å². The standard InChI is InChI=1S/C13H17FN4/c1-9-3-4-11(14)7-10(9)8-12(17-15)13-16-5-6-18(13)2/h3-7,12,17H,8,15H2,1-2H3. The molecule has 96 valence electrons. The molecule has 0 spiro atoms. The third kappa shape index (κ3) is 2.57. The summed E-state index contributed by atoms with van der Waals surface area (Å²) in [4.78, 5) is 4.26. The van der Waals surface area contributed by atoms with E-state index in [1.165, 1.54) is 6.07 Å². The fourth-order valence-electron chi connectivity index (χ4n) is 2.02. The van der Waals surface area contributed by atoms with Crippen LogP contribution in [0, 0.1) is 12.7 Å². The topological polar surface area (TPSA) is 55.9 Å². The van der Waals surface area contributed by atoms with Crippen LogP contribution in [-0.2, 0) is 13.5 Å². The Morgan fingerprint density at radius 2 is 2.28 bits per heavy atom. The number of aromatic nitrogens is 2. The van der Waals surface area contributed by atoms with Crippen LogP contribution < -0.4 is 11.3 Å². The minimum absolute atomic E-state index is 0.134. The number of imidazole rings is 1. The smallest absolute Gasteiger partial charge is 0.127 e. The third-order valence-electron chi connectivity index (χ3n) is 3.11. The molecule has 18 heavy (non-hydrogen) atoms. The second kappa shape index (κ2) is 5.29. The van der Waals surface area contributed by atoms with Crippen LogP contribution in [0.3, 0.4) is 0 Å². The lowest BCUT2D eigenvalue weighted by Crippen LogP contribution is -2.31. The largest absolute Gasteiger partial charge is 0.337 e. The van der Waals surface area contributed by atoms with Gasteiger partial charge in [0.15, 0.2) is 0 Å². The van der Waals surface area contributed by atoms with Gasteiger partial charge in [0.2, 0.25) is 0 Å². The predicted octanol–water partition coefficient (Wildman–Crippen LogP) is 1.61. The van der Waals surface area contributed by atoms with E-state index < -0.39 is 0 Å². The Balaban J connectivity index is 2.26. The molecule has 0 aliphatic carbocycles. The van der Waals surface area contributed by atoms with E-state index in [1.807, 2.05) is 24.7 Å². The minimum Gasteiger partial charge on any atom is -0.337 e. The Morgan fingerprint density at radius 1 is 1.50 bits per heavy atom. The second-order valence-electron chi connectivity index (χ2n) is 4.39. The number of hydrazine groups is 1. The van der Waals surface area contributed by atoms with E-state index in [1.54, 1.807) is 18.3 Å². The predicted molar refractivity (Wildman–Crippen MR) is 68.1 cm³/mol. The van der Waals surface area contributed by atoms with Gasteiger partial charge >= 0.3 is 0 Å². The first-order valence-electron chi connectivity index (χ1n) is 5.80. The molecule has 0 radical (unpaired) electrons. The fourth-order valence-corrected chi connectivity index (χ4v) is 2.02. The van der Waals surface area contributed by atoms with E-state index in [4.69, 9.17) is 5.84 Å². The van der Waals surface area contributed by atoms with Crippen molar-refractivity contribution >= 4 is 0 Å². The van der Waals surface area contributed by atoms with E-state index in [2.05, 4.69) is 10.4 Å². The van der Waals surface area contributed by atoms with Crippen LogP contribution in [0.1, 0.15) is 23.0 Å². The van der Waals surface area contributed by atoms with Crippen molar-refractivity contribution in [3.8, 4) is 0 Å². The highest BCUT2D eigenvalue weighted by Gasteiger charge is 2.16. The summed E-state index contributed by atoms with van der Waals surface area (Å²) in [5.41, 5.74) is 4.71. The molecule has 4 nitrogen and oxygen atoms in total. The first-order valence-corrected chi connectivity index (χ1v) is 5.80. The van der Waals surface area contributed by atoms with Crippen molar-refractivity contribution in [2.45, 2.75) is 19.4 Å². The zero-order chi connectivity index (χ0) is 13.1. The normalized spacial score (nSPS) is 12.7. The monoisotopic (exact) mass is 248 g/mol. The van der Waals surface area contributed by atoms with Crippen LogP contribution in [0.5, 0.6) is 0 Å². The van der Waals surface area contributed by atoms with Gasteiger partial charge in [-0.3, -0.25) is 5.84 Å². The lowest BCUT2D eigenvalue weighted by molar-refractivity contribution is 0.504. The highest BCUT2D eigenvalue weighted by atomic mass is 19.1. The van der Waals surface area contributed by atoms with Gasteiger partial charge in [-0.1, -0.05) is 6.07 Å². The second-order valence-corrected chi connectivity index (χ2v) is 4.39. The van der Waals surface area contributed by atoms with Gasteiger partial charge in [0, 0.05) is 19.4 Å². The highest BCUT2D eigenvalue weighted by molar-refractivity contribution is 5.28. The van der Waals surface area contributed by atoms with E-state index in [0.29, 0.717) is 6.42 Å². The van der Waals surface area contributed by atoms with Crippen molar-refractivity contribution < 1.29 is 4.39 Å². The summed E-state index contributed by atoms with van der Waals surface area (Å²) in [6, 6.07) is 4.65. The summed E-state index contributed by atoms with van der Waals surface area (Å²) in [5.74, 6) is 6.18. The van der Waals surface area contributed by atoms with Crippen molar-refractivity contribution in [3.05, 3.63) is 53.4 Å². The minimum atomic E-state index is -0.230. The first kappa shape index (κ1) is 12.7. The molecule has 0 fully saturated rings. The maximum Gasteiger partial charge on any atom is 0.127 e. The number of nitrogens with one attached hydrogen (secondary N) is 1. The lowest BCUT2D eigenvalue weighted by Gasteiger charge is -2.17. The molecule has 0 amide bonds. The molecule has 1 atom stereocenters. The molecule has 1 aromatic heterocycles. The number of hydrogen-bond donors (Lipinski definition) is 2. The summed E-state index contributed by atoms with van der Waals surface area (Å²) in [5, 5.41) is 0. The Kier molecular flexibility index (Phi) is 3.74. The van der Waals surface area contributed by atoms with E-state index in [-0.39, 0.29) is 11.9 Å². The van der Waals surface area contributed by atoms with Crippen LogP contribution >= 0.6 is 0 Å². The molecule has 0 saturated carbocycles. The average Bonchev–Trinajstić information content (AvgIpc) is 2.77. The molecule has 0 aliphatic rings. The van der Waals surface area contributed by atoms with Gasteiger partial charge in [0.05, 0.1) is 6.04 Å². The zero-order valence-corrected chi connectivity index (χ0v) is 10.5. The molecule has 3 N–H and O–H groups in total. The van der Waals surface area contributed by atoms with Crippen molar-refractivity contribution in [1.29, 1.82) is 0 Å². The van der Waals surface area contributed by atoms with Crippen molar-refractivity contribution in [1.82, 2.24) is 15.0 Å². The number of aryl methyl sites for hydroxylation is 2. The number of nitrogens with two attached hydrogens (primary N) is 1. The Hall–Kier alpha value is -1.72. The molecule has 0 bridgehead atoms. The van der Waals surface area contributed by atoms with Gasteiger partial charge in [-0.25, -0.2) is 14.8 Å². The molecule has 2 rings (SSSR count). The van der Waals surface area contributed by atoms with Crippen molar-refractivity contribution in [2.24, 2.45) is 12.9 Å². The maximum atomic E-state index is 13.3. The Bertz CT molecular complexity index is 536. The number of nitrogens with zero attached hydrogens (tertiary/aromatic N) is 2. The Morgan fingerprint density at radius 3 is 2.89 bits per heavy atom. The van der Waals surface area contributed by atoms with Gasteiger partial charge in [0.1, 0.15) is 11.6 Å². The number of hydrogen-bond acceptors (Lipinski definition) is 3. The van der Waals surface area contributed by atoms with E-state index >= 15 is 0 Å². The molecule has 0 aliphatic heterocycles. The van der Waals surface area contributed by atoms with E-state index in [9.17, 15) is 4.39 Å². The quantitative estimate of drug-likeness (QED) is 0.638.